The van der Waals surface area contributed by atoms with Crippen LogP contribution in [0.25, 0.3) is 0 Å². The molecule has 3 nitrogen and oxygen atoms in total. The van der Waals surface area contributed by atoms with Crippen LogP contribution < -0.4 is 5.73 Å². The minimum Gasteiger partial charge on any atom is -0.325 e. The van der Waals surface area contributed by atoms with E-state index in [0.29, 0.717) is 6.54 Å². The molecule has 0 aromatic carbocycles. The maximum Gasteiger partial charge on any atom is 0.0547 e. The van der Waals surface area contributed by atoms with Gasteiger partial charge in [-0.1, -0.05) is 6.07 Å². The lowest BCUT2D eigenvalue weighted by atomic mass is 10.3. The Morgan fingerprint density at radius 2 is 2.13 bits per heavy atom. The van der Waals surface area contributed by atoms with E-state index in [2.05, 4.69) is 23.0 Å². The fraction of sp³-hybridized carbons (Fsp3) is 0.583. The minimum absolute atomic E-state index is 0.528. The van der Waals surface area contributed by atoms with Gasteiger partial charge >= 0.3 is 0 Å². The van der Waals surface area contributed by atoms with Crippen LogP contribution in [0, 0.1) is 5.92 Å². The Morgan fingerprint density at radius 3 is 2.80 bits per heavy atom. The second-order valence-electron chi connectivity index (χ2n) is 4.46. The zero-order valence-corrected chi connectivity index (χ0v) is 9.32. The van der Waals surface area contributed by atoms with E-state index in [-0.39, 0.29) is 0 Å². The molecule has 0 bridgehead atoms. The van der Waals surface area contributed by atoms with E-state index in [1.54, 1.807) is 0 Å². The summed E-state index contributed by atoms with van der Waals surface area (Å²) in [6.45, 7) is 2.67. The Kier molecular flexibility index (Phi) is 3.34. The molecule has 15 heavy (non-hydrogen) atoms. The van der Waals surface area contributed by atoms with E-state index < -0.39 is 0 Å². The average molecular weight is 205 g/mol. The van der Waals surface area contributed by atoms with Crippen molar-refractivity contribution >= 4 is 0 Å². The quantitative estimate of drug-likeness (QED) is 0.789. The van der Waals surface area contributed by atoms with Crippen molar-refractivity contribution in [1.29, 1.82) is 0 Å². The lowest BCUT2D eigenvalue weighted by Gasteiger charge is -2.15. The third-order valence-electron chi connectivity index (χ3n) is 2.77. The van der Waals surface area contributed by atoms with E-state index in [9.17, 15) is 0 Å². The van der Waals surface area contributed by atoms with Gasteiger partial charge in [-0.15, -0.1) is 0 Å². The second-order valence-corrected chi connectivity index (χ2v) is 4.46. The van der Waals surface area contributed by atoms with Gasteiger partial charge in [0.2, 0.25) is 0 Å². The summed E-state index contributed by atoms with van der Waals surface area (Å²) in [5, 5.41) is 0. The van der Waals surface area contributed by atoms with E-state index in [4.69, 9.17) is 5.73 Å². The first-order chi connectivity index (χ1) is 7.28. The van der Waals surface area contributed by atoms with Crippen LogP contribution in [0.3, 0.4) is 0 Å². The first-order valence-electron chi connectivity index (χ1n) is 5.61. The normalized spacial score (nSPS) is 15.9. The summed E-state index contributed by atoms with van der Waals surface area (Å²) in [6, 6.07) is 6.09. The summed E-state index contributed by atoms with van der Waals surface area (Å²) in [5.74, 6) is 0.938. The van der Waals surface area contributed by atoms with Crippen molar-refractivity contribution in [2.75, 3.05) is 13.6 Å². The van der Waals surface area contributed by atoms with Crippen LogP contribution in [0.5, 0.6) is 0 Å². The molecule has 2 N–H and O–H groups in total. The molecule has 3 heteroatoms. The van der Waals surface area contributed by atoms with Gasteiger partial charge in [0.1, 0.15) is 0 Å². The number of hydrogen-bond donors (Lipinski definition) is 1. The van der Waals surface area contributed by atoms with Crippen molar-refractivity contribution in [1.82, 2.24) is 9.88 Å². The Hall–Kier alpha value is -0.930. The molecule has 0 atom stereocenters. The lowest BCUT2D eigenvalue weighted by Crippen LogP contribution is -2.21. The third kappa shape index (κ3) is 3.29. The standard InChI is InChI=1S/C12H19N3/c1-15(8-10-5-6-10)9-12-4-2-3-11(7-13)14-12/h2-4,10H,5-9,13H2,1H3. The summed E-state index contributed by atoms with van der Waals surface area (Å²) in [7, 11) is 2.16. The Morgan fingerprint density at radius 1 is 1.40 bits per heavy atom. The first kappa shape index (κ1) is 10.6. The van der Waals surface area contributed by atoms with Crippen LogP contribution in [-0.2, 0) is 13.1 Å². The van der Waals surface area contributed by atoms with Gasteiger partial charge in [-0.3, -0.25) is 4.98 Å². The van der Waals surface area contributed by atoms with Crippen molar-refractivity contribution in [3.8, 4) is 0 Å². The molecule has 1 aliphatic carbocycles. The third-order valence-corrected chi connectivity index (χ3v) is 2.77. The highest BCUT2D eigenvalue weighted by Crippen LogP contribution is 2.29. The monoisotopic (exact) mass is 205 g/mol. The lowest BCUT2D eigenvalue weighted by molar-refractivity contribution is 0.309. The Balaban J connectivity index is 1.90. The fourth-order valence-corrected chi connectivity index (χ4v) is 1.81. The molecule has 0 radical (unpaired) electrons. The van der Waals surface area contributed by atoms with Crippen LogP contribution in [-0.4, -0.2) is 23.5 Å². The van der Waals surface area contributed by atoms with Gasteiger partial charge in [0.05, 0.1) is 11.4 Å². The maximum atomic E-state index is 5.56. The number of hydrogen-bond acceptors (Lipinski definition) is 3. The fourth-order valence-electron chi connectivity index (χ4n) is 1.81. The van der Waals surface area contributed by atoms with E-state index in [1.807, 2.05) is 12.1 Å². The highest BCUT2D eigenvalue weighted by Gasteiger charge is 2.22. The molecule has 1 saturated carbocycles. The van der Waals surface area contributed by atoms with Gasteiger partial charge < -0.3 is 10.6 Å². The molecule has 0 aliphatic heterocycles. The van der Waals surface area contributed by atoms with Crippen LogP contribution >= 0.6 is 0 Å². The molecule has 1 aromatic rings. The Labute approximate surface area is 91.3 Å². The van der Waals surface area contributed by atoms with Crippen molar-refractivity contribution in [3.63, 3.8) is 0 Å². The molecule has 1 aliphatic rings. The van der Waals surface area contributed by atoms with E-state index in [0.717, 1.165) is 23.9 Å². The van der Waals surface area contributed by atoms with Crippen molar-refractivity contribution in [2.24, 2.45) is 11.7 Å². The largest absolute Gasteiger partial charge is 0.325 e. The molecule has 0 spiro atoms. The predicted octanol–water partition coefficient (Wildman–Crippen LogP) is 1.38. The second kappa shape index (κ2) is 4.73. The molecule has 1 heterocycles. The number of aromatic nitrogens is 1. The number of nitrogens with zero attached hydrogens (tertiary/aromatic N) is 2. The van der Waals surface area contributed by atoms with E-state index in [1.165, 1.54) is 19.4 Å². The van der Waals surface area contributed by atoms with Gasteiger partial charge in [0, 0.05) is 19.6 Å². The summed E-state index contributed by atoms with van der Waals surface area (Å²) in [6.07, 6.45) is 2.81. The van der Waals surface area contributed by atoms with Crippen molar-refractivity contribution in [2.45, 2.75) is 25.9 Å². The van der Waals surface area contributed by atoms with Gasteiger partial charge in [-0.2, -0.15) is 0 Å². The topological polar surface area (TPSA) is 42.1 Å². The van der Waals surface area contributed by atoms with Crippen LogP contribution in [0.15, 0.2) is 18.2 Å². The summed E-state index contributed by atoms with van der Waals surface area (Å²) < 4.78 is 0. The van der Waals surface area contributed by atoms with Crippen LogP contribution in [0.4, 0.5) is 0 Å². The zero-order valence-electron chi connectivity index (χ0n) is 9.32. The molecular formula is C12H19N3. The summed E-state index contributed by atoms with van der Waals surface area (Å²) in [4.78, 5) is 6.84. The smallest absolute Gasteiger partial charge is 0.0547 e. The maximum absolute atomic E-state index is 5.56. The van der Waals surface area contributed by atoms with Crippen molar-refractivity contribution < 1.29 is 0 Å². The molecule has 2 rings (SSSR count). The number of rotatable bonds is 5. The highest BCUT2D eigenvalue weighted by molar-refractivity contribution is 5.10. The number of pyridine rings is 1. The molecular weight excluding hydrogens is 186 g/mol. The van der Waals surface area contributed by atoms with Crippen molar-refractivity contribution in [3.05, 3.63) is 29.6 Å². The molecule has 0 amide bonds. The molecule has 82 valence electrons. The SMILES string of the molecule is CN(Cc1cccc(CN)n1)CC1CC1. The molecule has 0 saturated heterocycles. The highest BCUT2D eigenvalue weighted by atomic mass is 15.1. The van der Waals surface area contributed by atoms with Gasteiger partial charge in [-0.05, 0) is 37.9 Å². The van der Waals surface area contributed by atoms with Gasteiger partial charge in [0.15, 0.2) is 0 Å². The number of nitrogens with two attached hydrogens (primary N) is 1. The van der Waals surface area contributed by atoms with Crippen LogP contribution in [0.2, 0.25) is 0 Å². The van der Waals surface area contributed by atoms with Gasteiger partial charge in [0.25, 0.3) is 0 Å². The summed E-state index contributed by atoms with van der Waals surface area (Å²) in [5.41, 5.74) is 7.67. The first-order valence-corrected chi connectivity index (χ1v) is 5.61. The van der Waals surface area contributed by atoms with E-state index >= 15 is 0 Å². The molecule has 1 fully saturated rings. The Bertz CT molecular complexity index is 320. The zero-order chi connectivity index (χ0) is 10.7. The minimum atomic E-state index is 0.528. The van der Waals surface area contributed by atoms with Gasteiger partial charge in [-0.25, -0.2) is 0 Å². The molecule has 1 aromatic heterocycles. The predicted molar refractivity (Wildman–Crippen MR) is 61.2 cm³/mol. The van der Waals surface area contributed by atoms with Crippen LogP contribution in [0.1, 0.15) is 24.2 Å². The molecule has 0 unspecified atom stereocenters. The average Bonchev–Trinajstić information content (AvgIpc) is 3.02. The summed E-state index contributed by atoms with van der Waals surface area (Å²) >= 11 is 0.